The Balaban J connectivity index is 2.73. The van der Waals surface area contributed by atoms with Gasteiger partial charge < -0.3 is 5.32 Å². The maximum Gasteiger partial charge on any atom is 0.435 e. The number of hydrogen-bond donors (Lipinski definition) is 1. The van der Waals surface area contributed by atoms with E-state index in [0.717, 1.165) is 12.5 Å². The molecule has 1 N–H and O–H groups in total. The van der Waals surface area contributed by atoms with E-state index >= 15 is 0 Å². The Hall–Kier alpha value is -1.33. The number of nitrogens with one attached hydrogen (secondary N) is 1. The van der Waals surface area contributed by atoms with Crippen LogP contribution in [0.15, 0.2) is 12.1 Å². The average molecular weight is 219 g/mol. The number of rotatable bonds is 3. The van der Waals surface area contributed by atoms with Crippen molar-refractivity contribution in [1.29, 1.82) is 0 Å². The third-order valence-electron chi connectivity index (χ3n) is 1.96. The highest BCUT2D eigenvalue weighted by atomic mass is 19.4. The standard InChI is InChI=1S/C9H12F3N3/c1-3-6(2)13-8-5-4-7(14-15-8)9(10,11)12/h4-6H,3H2,1-2H3,(H,13,15). The van der Waals surface area contributed by atoms with Crippen LogP contribution in [-0.2, 0) is 6.18 Å². The predicted molar refractivity (Wildman–Crippen MR) is 50.4 cm³/mol. The Labute approximate surface area is 85.7 Å². The van der Waals surface area contributed by atoms with Gasteiger partial charge in [-0.15, -0.1) is 10.2 Å². The first kappa shape index (κ1) is 11.7. The summed E-state index contributed by atoms with van der Waals surface area (Å²) in [7, 11) is 0. The normalized spacial score (nSPS) is 13.7. The van der Waals surface area contributed by atoms with E-state index in [-0.39, 0.29) is 6.04 Å². The smallest absolute Gasteiger partial charge is 0.366 e. The molecule has 1 aromatic rings. The monoisotopic (exact) mass is 219 g/mol. The van der Waals surface area contributed by atoms with Crippen molar-refractivity contribution < 1.29 is 13.2 Å². The van der Waals surface area contributed by atoms with Crippen molar-refractivity contribution in [1.82, 2.24) is 10.2 Å². The maximum atomic E-state index is 12.1. The summed E-state index contributed by atoms with van der Waals surface area (Å²) in [5.74, 6) is 0.359. The summed E-state index contributed by atoms with van der Waals surface area (Å²) in [6.07, 6.45) is -3.56. The zero-order valence-corrected chi connectivity index (χ0v) is 8.47. The summed E-state index contributed by atoms with van der Waals surface area (Å²) in [6.45, 7) is 3.88. The van der Waals surface area contributed by atoms with E-state index in [1.165, 1.54) is 6.07 Å². The number of hydrogen-bond acceptors (Lipinski definition) is 3. The first-order valence-corrected chi connectivity index (χ1v) is 4.61. The van der Waals surface area contributed by atoms with Crippen molar-refractivity contribution >= 4 is 5.82 Å². The van der Waals surface area contributed by atoms with Gasteiger partial charge in [-0.1, -0.05) is 6.92 Å². The molecule has 1 rings (SSSR count). The zero-order valence-electron chi connectivity index (χ0n) is 8.47. The summed E-state index contributed by atoms with van der Waals surface area (Å²) in [5, 5.41) is 9.48. The first-order chi connectivity index (χ1) is 6.93. The van der Waals surface area contributed by atoms with Crippen LogP contribution in [0.25, 0.3) is 0 Å². The molecule has 0 aliphatic carbocycles. The SMILES string of the molecule is CCC(C)Nc1ccc(C(F)(F)F)nn1. The second kappa shape index (κ2) is 4.46. The molecule has 1 atom stereocenters. The zero-order chi connectivity index (χ0) is 11.5. The molecule has 0 saturated heterocycles. The number of halogens is 3. The number of aromatic nitrogens is 2. The summed E-state index contributed by atoms with van der Waals surface area (Å²) >= 11 is 0. The fraction of sp³-hybridized carbons (Fsp3) is 0.556. The molecule has 1 unspecified atom stereocenters. The van der Waals surface area contributed by atoms with E-state index in [9.17, 15) is 13.2 Å². The first-order valence-electron chi connectivity index (χ1n) is 4.61. The molecule has 0 radical (unpaired) electrons. The molecular formula is C9H12F3N3. The fourth-order valence-electron chi connectivity index (χ4n) is 0.915. The largest absolute Gasteiger partial charge is 0.435 e. The van der Waals surface area contributed by atoms with Crippen molar-refractivity contribution in [3.05, 3.63) is 17.8 Å². The average Bonchev–Trinajstić information content (AvgIpc) is 2.17. The van der Waals surface area contributed by atoms with E-state index in [1.807, 2.05) is 13.8 Å². The van der Waals surface area contributed by atoms with Crippen molar-refractivity contribution in [2.24, 2.45) is 0 Å². The highest BCUT2D eigenvalue weighted by Crippen LogP contribution is 2.27. The van der Waals surface area contributed by atoms with Gasteiger partial charge in [0.1, 0.15) is 5.82 Å². The lowest BCUT2D eigenvalue weighted by Crippen LogP contribution is -2.16. The summed E-state index contributed by atoms with van der Waals surface area (Å²) in [5.41, 5.74) is -0.975. The Morgan fingerprint density at radius 2 is 2.00 bits per heavy atom. The van der Waals surface area contributed by atoms with Crippen LogP contribution in [-0.4, -0.2) is 16.2 Å². The van der Waals surface area contributed by atoms with Gasteiger partial charge in [0, 0.05) is 6.04 Å². The number of nitrogens with zero attached hydrogens (tertiary/aromatic N) is 2. The van der Waals surface area contributed by atoms with Crippen LogP contribution >= 0.6 is 0 Å². The van der Waals surface area contributed by atoms with E-state index < -0.39 is 11.9 Å². The number of alkyl halides is 3. The molecule has 3 nitrogen and oxygen atoms in total. The van der Waals surface area contributed by atoms with E-state index in [2.05, 4.69) is 15.5 Å². The maximum absolute atomic E-state index is 12.1. The third-order valence-corrected chi connectivity index (χ3v) is 1.96. The van der Waals surface area contributed by atoms with E-state index in [0.29, 0.717) is 5.82 Å². The third kappa shape index (κ3) is 3.38. The molecule has 0 fully saturated rings. The molecule has 0 bridgehead atoms. The Kier molecular flexibility index (Phi) is 3.49. The lowest BCUT2D eigenvalue weighted by atomic mass is 10.2. The van der Waals surface area contributed by atoms with Gasteiger partial charge in [0.25, 0.3) is 0 Å². The van der Waals surface area contributed by atoms with E-state index in [1.54, 1.807) is 0 Å². The van der Waals surface area contributed by atoms with Crippen molar-refractivity contribution in [3.63, 3.8) is 0 Å². The molecule has 15 heavy (non-hydrogen) atoms. The van der Waals surface area contributed by atoms with Crippen LogP contribution in [0.3, 0.4) is 0 Å². The molecule has 0 saturated carbocycles. The van der Waals surface area contributed by atoms with Gasteiger partial charge in [-0.25, -0.2) is 0 Å². The van der Waals surface area contributed by atoms with Crippen LogP contribution in [0, 0.1) is 0 Å². The highest BCUT2D eigenvalue weighted by molar-refractivity contribution is 5.34. The van der Waals surface area contributed by atoms with E-state index in [4.69, 9.17) is 0 Å². The molecule has 1 aromatic heterocycles. The van der Waals surface area contributed by atoms with Gasteiger partial charge in [0.05, 0.1) is 0 Å². The Morgan fingerprint density at radius 1 is 1.33 bits per heavy atom. The van der Waals surface area contributed by atoms with Crippen molar-refractivity contribution in [3.8, 4) is 0 Å². The number of anilines is 1. The minimum Gasteiger partial charge on any atom is -0.366 e. The molecule has 1 heterocycles. The van der Waals surface area contributed by atoms with Crippen molar-refractivity contribution in [2.45, 2.75) is 32.5 Å². The van der Waals surface area contributed by atoms with Gasteiger partial charge in [0.2, 0.25) is 0 Å². The van der Waals surface area contributed by atoms with Gasteiger partial charge in [-0.05, 0) is 25.5 Å². The van der Waals surface area contributed by atoms with Crippen LogP contribution < -0.4 is 5.32 Å². The summed E-state index contributed by atoms with van der Waals surface area (Å²) in [6, 6.07) is 2.36. The topological polar surface area (TPSA) is 37.8 Å². The van der Waals surface area contributed by atoms with Crippen molar-refractivity contribution in [2.75, 3.05) is 5.32 Å². The lowest BCUT2D eigenvalue weighted by Gasteiger charge is -2.11. The second-order valence-electron chi connectivity index (χ2n) is 3.26. The summed E-state index contributed by atoms with van der Waals surface area (Å²) in [4.78, 5) is 0. The molecule has 0 aliphatic rings. The molecule has 84 valence electrons. The molecule has 0 aliphatic heterocycles. The predicted octanol–water partition coefficient (Wildman–Crippen LogP) is 2.71. The minimum atomic E-state index is -4.43. The molecule has 0 amide bonds. The fourth-order valence-corrected chi connectivity index (χ4v) is 0.915. The van der Waals surface area contributed by atoms with Crippen LogP contribution in [0.2, 0.25) is 0 Å². The van der Waals surface area contributed by atoms with Gasteiger partial charge in [-0.3, -0.25) is 0 Å². The van der Waals surface area contributed by atoms with Crippen LogP contribution in [0.1, 0.15) is 26.0 Å². The Bertz CT molecular complexity index is 307. The molecular weight excluding hydrogens is 207 g/mol. The summed E-state index contributed by atoms with van der Waals surface area (Å²) < 4.78 is 36.4. The second-order valence-corrected chi connectivity index (χ2v) is 3.26. The minimum absolute atomic E-state index is 0.163. The molecule has 6 heteroatoms. The quantitative estimate of drug-likeness (QED) is 0.849. The highest BCUT2D eigenvalue weighted by Gasteiger charge is 2.32. The molecule has 0 aromatic carbocycles. The molecule has 0 spiro atoms. The van der Waals surface area contributed by atoms with Gasteiger partial charge in [0.15, 0.2) is 5.69 Å². The van der Waals surface area contributed by atoms with Gasteiger partial charge in [-0.2, -0.15) is 13.2 Å². The van der Waals surface area contributed by atoms with Crippen LogP contribution in [0.4, 0.5) is 19.0 Å². The van der Waals surface area contributed by atoms with Gasteiger partial charge >= 0.3 is 6.18 Å². The lowest BCUT2D eigenvalue weighted by molar-refractivity contribution is -0.141. The van der Waals surface area contributed by atoms with Crippen LogP contribution in [0.5, 0.6) is 0 Å². The Morgan fingerprint density at radius 3 is 2.40 bits per heavy atom.